The maximum Gasteiger partial charge on any atom is 0.128 e. The standard InChI is InChI=1S/C15H21F2N/c1-9-5-4-6-15(9)18-11(3)12-8-13(16)10(2)7-14(12)17/h7-9,11,15,18H,4-6H2,1-3H3. The third-order valence-electron chi connectivity index (χ3n) is 4.07. The van der Waals surface area contributed by atoms with Gasteiger partial charge in [0.25, 0.3) is 0 Å². The summed E-state index contributed by atoms with van der Waals surface area (Å²) in [4.78, 5) is 0. The fourth-order valence-electron chi connectivity index (χ4n) is 2.80. The second-order valence-corrected chi connectivity index (χ2v) is 5.53. The molecule has 1 aliphatic rings. The molecule has 0 aromatic heterocycles. The van der Waals surface area contributed by atoms with Gasteiger partial charge in [-0.1, -0.05) is 13.3 Å². The van der Waals surface area contributed by atoms with E-state index in [1.165, 1.54) is 25.0 Å². The van der Waals surface area contributed by atoms with Crippen LogP contribution in [0, 0.1) is 24.5 Å². The molecule has 3 heteroatoms. The van der Waals surface area contributed by atoms with E-state index in [0.717, 1.165) is 6.42 Å². The second-order valence-electron chi connectivity index (χ2n) is 5.53. The van der Waals surface area contributed by atoms with E-state index in [4.69, 9.17) is 0 Å². The summed E-state index contributed by atoms with van der Waals surface area (Å²) >= 11 is 0. The van der Waals surface area contributed by atoms with Gasteiger partial charge in [0.05, 0.1) is 0 Å². The van der Waals surface area contributed by atoms with Crippen molar-refractivity contribution in [2.24, 2.45) is 5.92 Å². The lowest BCUT2D eigenvalue weighted by Gasteiger charge is -2.23. The summed E-state index contributed by atoms with van der Waals surface area (Å²) < 4.78 is 27.4. The van der Waals surface area contributed by atoms with Gasteiger partial charge in [0.15, 0.2) is 0 Å². The number of halogens is 2. The zero-order chi connectivity index (χ0) is 13.3. The number of rotatable bonds is 3. The van der Waals surface area contributed by atoms with Crippen molar-refractivity contribution in [1.29, 1.82) is 0 Å². The molecule has 1 N–H and O–H groups in total. The fraction of sp³-hybridized carbons (Fsp3) is 0.600. The third-order valence-corrected chi connectivity index (χ3v) is 4.07. The van der Waals surface area contributed by atoms with Crippen LogP contribution in [0.4, 0.5) is 8.78 Å². The maximum atomic E-state index is 13.8. The molecule has 0 amide bonds. The average molecular weight is 253 g/mol. The van der Waals surface area contributed by atoms with E-state index in [0.29, 0.717) is 23.1 Å². The molecule has 18 heavy (non-hydrogen) atoms. The molecule has 1 aromatic rings. The number of benzene rings is 1. The highest BCUT2D eigenvalue weighted by Gasteiger charge is 2.25. The zero-order valence-corrected chi connectivity index (χ0v) is 11.3. The van der Waals surface area contributed by atoms with Crippen LogP contribution in [0.1, 0.15) is 50.3 Å². The second kappa shape index (κ2) is 5.35. The Labute approximate surface area is 108 Å². The highest BCUT2D eigenvalue weighted by Crippen LogP contribution is 2.28. The van der Waals surface area contributed by atoms with Crippen LogP contribution < -0.4 is 5.32 Å². The van der Waals surface area contributed by atoms with Crippen molar-refractivity contribution in [2.75, 3.05) is 0 Å². The lowest BCUT2D eigenvalue weighted by atomic mass is 10.0. The van der Waals surface area contributed by atoms with Gasteiger partial charge < -0.3 is 5.32 Å². The topological polar surface area (TPSA) is 12.0 Å². The van der Waals surface area contributed by atoms with E-state index in [9.17, 15) is 8.78 Å². The lowest BCUT2D eigenvalue weighted by molar-refractivity contribution is 0.381. The SMILES string of the molecule is Cc1cc(F)c(C(C)NC2CCCC2C)cc1F. The Morgan fingerprint density at radius 1 is 1.22 bits per heavy atom. The van der Waals surface area contributed by atoms with Crippen molar-refractivity contribution in [3.05, 3.63) is 34.9 Å². The Bertz CT molecular complexity index is 431. The first-order valence-electron chi connectivity index (χ1n) is 6.70. The van der Waals surface area contributed by atoms with Crippen LogP contribution in [0.15, 0.2) is 12.1 Å². The molecule has 2 rings (SSSR count). The molecule has 0 heterocycles. The summed E-state index contributed by atoms with van der Waals surface area (Å²) in [6.07, 6.45) is 3.56. The molecule has 1 fully saturated rings. The first-order chi connectivity index (χ1) is 8.49. The van der Waals surface area contributed by atoms with Crippen LogP contribution in [0.5, 0.6) is 0 Å². The third kappa shape index (κ3) is 2.72. The van der Waals surface area contributed by atoms with Crippen molar-refractivity contribution in [3.63, 3.8) is 0 Å². The average Bonchev–Trinajstić information content (AvgIpc) is 2.69. The molecule has 0 bridgehead atoms. The van der Waals surface area contributed by atoms with Gasteiger partial charge in [-0.2, -0.15) is 0 Å². The highest BCUT2D eigenvalue weighted by molar-refractivity contribution is 5.27. The molecular weight excluding hydrogens is 232 g/mol. The van der Waals surface area contributed by atoms with E-state index >= 15 is 0 Å². The minimum Gasteiger partial charge on any atom is -0.307 e. The Kier molecular flexibility index (Phi) is 4.00. The van der Waals surface area contributed by atoms with Gasteiger partial charge in [-0.3, -0.25) is 0 Å². The van der Waals surface area contributed by atoms with E-state index in [1.807, 2.05) is 6.92 Å². The zero-order valence-electron chi connectivity index (χ0n) is 11.3. The Morgan fingerprint density at radius 2 is 1.94 bits per heavy atom. The minimum absolute atomic E-state index is 0.148. The van der Waals surface area contributed by atoms with Gasteiger partial charge in [-0.05, 0) is 50.3 Å². The number of hydrogen-bond donors (Lipinski definition) is 1. The van der Waals surface area contributed by atoms with Crippen LogP contribution >= 0.6 is 0 Å². The molecule has 0 radical (unpaired) electrons. The monoisotopic (exact) mass is 253 g/mol. The summed E-state index contributed by atoms with van der Waals surface area (Å²) in [5, 5.41) is 3.43. The van der Waals surface area contributed by atoms with Crippen LogP contribution in [0.25, 0.3) is 0 Å². The molecule has 0 spiro atoms. The van der Waals surface area contributed by atoms with Gasteiger partial charge >= 0.3 is 0 Å². The first-order valence-corrected chi connectivity index (χ1v) is 6.70. The predicted molar refractivity (Wildman–Crippen MR) is 69.4 cm³/mol. The molecule has 3 unspecified atom stereocenters. The summed E-state index contributed by atoms with van der Waals surface area (Å²) in [7, 11) is 0. The van der Waals surface area contributed by atoms with E-state index in [1.54, 1.807) is 6.92 Å². The molecule has 0 aliphatic heterocycles. The molecular formula is C15H21F2N. The molecule has 1 aromatic carbocycles. The van der Waals surface area contributed by atoms with Crippen molar-refractivity contribution in [3.8, 4) is 0 Å². The summed E-state index contributed by atoms with van der Waals surface area (Å²) in [6.45, 7) is 5.70. The van der Waals surface area contributed by atoms with E-state index in [2.05, 4.69) is 12.2 Å². The Balaban J connectivity index is 2.13. The normalized spacial score (nSPS) is 25.4. The van der Waals surface area contributed by atoms with Crippen LogP contribution in [-0.2, 0) is 0 Å². The van der Waals surface area contributed by atoms with E-state index < -0.39 is 0 Å². The molecule has 3 atom stereocenters. The van der Waals surface area contributed by atoms with Crippen molar-refractivity contribution < 1.29 is 8.78 Å². The van der Waals surface area contributed by atoms with Gasteiger partial charge in [0.2, 0.25) is 0 Å². The lowest BCUT2D eigenvalue weighted by Crippen LogP contribution is -2.33. The summed E-state index contributed by atoms with van der Waals surface area (Å²) in [6, 6.07) is 2.87. The summed E-state index contributed by atoms with van der Waals surface area (Å²) in [5.41, 5.74) is 0.787. The molecule has 1 saturated carbocycles. The van der Waals surface area contributed by atoms with Crippen LogP contribution in [-0.4, -0.2) is 6.04 Å². The fourth-order valence-corrected chi connectivity index (χ4v) is 2.80. The van der Waals surface area contributed by atoms with Gasteiger partial charge in [0.1, 0.15) is 11.6 Å². The van der Waals surface area contributed by atoms with Gasteiger partial charge in [0, 0.05) is 17.6 Å². The maximum absolute atomic E-state index is 13.8. The smallest absolute Gasteiger partial charge is 0.128 e. The Hall–Kier alpha value is -0.960. The van der Waals surface area contributed by atoms with Crippen LogP contribution in [0.2, 0.25) is 0 Å². The molecule has 0 saturated heterocycles. The molecule has 1 nitrogen and oxygen atoms in total. The van der Waals surface area contributed by atoms with Gasteiger partial charge in [-0.15, -0.1) is 0 Å². The summed E-state index contributed by atoms with van der Waals surface area (Å²) in [5.74, 6) is -0.0372. The molecule has 1 aliphatic carbocycles. The predicted octanol–water partition coefficient (Wildman–Crippen LogP) is 4.11. The van der Waals surface area contributed by atoms with Crippen LogP contribution in [0.3, 0.4) is 0 Å². The van der Waals surface area contributed by atoms with Gasteiger partial charge in [-0.25, -0.2) is 8.78 Å². The van der Waals surface area contributed by atoms with E-state index in [-0.39, 0.29) is 17.7 Å². The largest absolute Gasteiger partial charge is 0.307 e. The number of hydrogen-bond acceptors (Lipinski definition) is 1. The number of nitrogens with one attached hydrogen (secondary N) is 1. The minimum atomic E-state index is -0.334. The highest BCUT2D eigenvalue weighted by atomic mass is 19.1. The Morgan fingerprint density at radius 3 is 2.56 bits per heavy atom. The number of aryl methyl sites for hydroxylation is 1. The van der Waals surface area contributed by atoms with Crippen molar-refractivity contribution >= 4 is 0 Å². The first kappa shape index (κ1) is 13.5. The van der Waals surface area contributed by atoms with Crippen molar-refractivity contribution in [1.82, 2.24) is 5.32 Å². The molecule has 100 valence electrons. The van der Waals surface area contributed by atoms with Crippen molar-refractivity contribution in [2.45, 2.75) is 52.1 Å². The quantitative estimate of drug-likeness (QED) is 0.854.